The molecule has 146 valence electrons. The van der Waals surface area contributed by atoms with Crippen molar-refractivity contribution < 1.29 is 9.47 Å². The molecule has 0 aromatic carbocycles. The fraction of sp³-hybridized carbons (Fsp3) is 1.00. The summed E-state index contributed by atoms with van der Waals surface area (Å²) in [6, 6.07) is 0. The summed E-state index contributed by atoms with van der Waals surface area (Å²) in [5, 5.41) is 0. The minimum absolute atomic E-state index is 0.0392. The minimum atomic E-state index is -0.159. The van der Waals surface area contributed by atoms with Gasteiger partial charge < -0.3 is 9.47 Å². The molecule has 0 N–H and O–H groups in total. The van der Waals surface area contributed by atoms with Crippen LogP contribution in [0.1, 0.15) is 102 Å². The number of hydrogen-bond donors (Lipinski definition) is 0. The highest BCUT2D eigenvalue weighted by molar-refractivity contribution is 4.96. The van der Waals surface area contributed by atoms with Crippen molar-refractivity contribution in [1.29, 1.82) is 0 Å². The largest absolute Gasteiger partial charge is 0.375 e. The van der Waals surface area contributed by atoms with E-state index in [4.69, 9.17) is 9.47 Å². The van der Waals surface area contributed by atoms with Gasteiger partial charge in [0.2, 0.25) is 0 Å². The van der Waals surface area contributed by atoms with Crippen LogP contribution < -0.4 is 0 Å². The van der Waals surface area contributed by atoms with Crippen molar-refractivity contribution in [3.8, 4) is 0 Å². The van der Waals surface area contributed by atoms with E-state index in [1.54, 1.807) is 0 Å². The molecule has 0 radical (unpaired) electrons. The fourth-order valence-electron chi connectivity index (χ4n) is 2.66. The molecule has 0 aromatic heterocycles. The summed E-state index contributed by atoms with van der Waals surface area (Å²) in [4.78, 5) is 0. The first-order chi connectivity index (χ1) is 10.5. The fourth-order valence-corrected chi connectivity index (χ4v) is 2.66. The first-order valence-corrected chi connectivity index (χ1v) is 9.81. The highest BCUT2D eigenvalue weighted by atomic mass is 16.5. The predicted molar refractivity (Wildman–Crippen MR) is 107 cm³/mol. The van der Waals surface area contributed by atoms with Gasteiger partial charge in [-0.15, -0.1) is 0 Å². The standard InChI is InChI=1S/C22H46O2/c1-13-18(3,4)22(11,12)19(5,6)17-24-21(9,10)15-16-23-20(7,8)14-2/h13-17H2,1-12H3. The normalized spacial score (nSPS) is 15.0. The maximum Gasteiger partial charge on any atom is 0.0648 e. The van der Waals surface area contributed by atoms with Gasteiger partial charge in [-0.3, -0.25) is 0 Å². The maximum absolute atomic E-state index is 6.39. The van der Waals surface area contributed by atoms with Crippen LogP contribution in [-0.4, -0.2) is 24.4 Å². The molecule has 24 heavy (non-hydrogen) atoms. The molecule has 2 heteroatoms. The van der Waals surface area contributed by atoms with E-state index < -0.39 is 0 Å². The Bertz CT molecular complexity index is 375. The molecule has 0 atom stereocenters. The van der Waals surface area contributed by atoms with E-state index in [9.17, 15) is 0 Å². The van der Waals surface area contributed by atoms with Crippen molar-refractivity contribution in [2.75, 3.05) is 13.2 Å². The van der Waals surface area contributed by atoms with Crippen LogP contribution in [0.15, 0.2) is 0 Å². The van der Waals surface area contributed by atoms with Gasteiger partial charge >= 0.3 is 0 Å². The molecule has 0 aliphatic heterocycles. The zero-order chi connectivity index (χ0) is 19.4. The van der Waals surface area contributed by atoms with Crippen LogP contribution in [0.25, 0.3) is 0 Å². The van der Waals surface area contributed by atoms with E-state index in [-0.39, 0.29) is 27.4 Å². The highest BCUT2D eigenvalue weighted by Crippen LogP contribution is 2.53. The molecule has 0 rings (SSSR count). The van der Waals surface area contributed by atoms with E-state index in [1.165, 1.54) is 6.42 Å². The summed E-state index contributed by atoms with van der Waals surface area (Å²) in [6.45, 7) is 28.9. The molecule has 0 bridgehead atoms. The van der Waals surface area contributed by atoms with E-state index in [0.29, 0.717) is 0 Å². The Balaban J connectivity index is 4.73. The molecule has 0 aliphatic rings. The van der Waals surface area contributed by atoms with E-state index in [1.807, 2.05) is 0 Å². The summed E-state index contributed by atoms with van der Waals surface area (Å²) in [5.74, 6) is 0. The van der Waals surface area contributed by atoms with Crippen LogP contribution >= 0.6 is 0 Å². The SMILES string of the molecule is CCC(C)(C)OCCC(C)(C)OCC(C)(C)C(C)(C)C(C)(C)CC. The predicted octanol–water partition coefficient (Wildman–Crippen LogP) is 6.87. The van der Waals surface area contributed by atoms with Crippen molar-refractivity contribution in [1.82, 2.24) is 0 Å². The Hall–Kier alpha value is -0.0800. The summed E-state index contributed by atoms with van der Waals surface area (Å²) in [6.07, 6.45) is 3.12. The third kappa shape index (κ3) is 6.33. The average Bonchev–Trinajstić information content (AvgIpc) is 2.44. The summed E-state index contributed by atoms with van der Waals surface area (Å²) < 4.78 is 12.4. The molecule has 0 unspecified atom stereocenters. The lowest BCUT2D eigenvalue weighted by Gasteiger charge is -2.52. The highest BCUT2D eigenvalue weighted by Gasteiger charge is 2.47. The molecule has 0 saturated carbocycles. The second-order valence-electron chi connectivity index (χ2n) is 10.5. The van der Waals surface area contributed by atoms with Gasteiger partial charge in [-0.25, -0.2) is 0 Å². The second kappa shape index (κ2) is 8.08. The lowest BCUT2D eigenvalue weighted by molar-refractivity contribution is -0.130. The Morgan fingerprint density at radius 1 is 0.583 bits per heavy atom. The maximum atomic E-state index is 6.39. The van der Waals surface area contributed by atoms with Crippen molar-refractivity contribution >= 4 is 0 Å². The van der Waals surface area contributed by atoms with E-state index in [2.05, 4.69) is 83.1 Å². The average molecular weight is 343 g/mol. The Morgan fingerprint density at radius 2 is 1.08 bits per heavy atom. The number of hydrogen-bond acceptors (Lipinski definition) is 2. The van der Waals surface area contributed by atoms with Crippen molar-refractivity contribution in [2.45, 2.75) is 114 Å². The molecule has 0 spiro atoms. The number of ether oxygens (including phenoxy) is 2. The molecule has 2 nitrogen and oxygen atoms in total. The van der Waals surface area contributed by atoms with Gasteiger partial charge in [0.05, 0.1) is 24.4 Å². The molecule has 0 heterocycles. The van der Waals surface area contributed by atoms with Crippen LogP contribution in [0, 0.1) is 16.2 Å². The second-order valence-corrected chi connectivity index (χ2v) is 10.5. The van der Waals surface area contributed by atoms with Crippen molar-refractivity contribution in [3.05, 3.63) is 0 Å². The Labute approximate surface area is 153 Å². The van der Waals surface area contributed by atoms with Crippen LogP contribution in [0.4, 0.5) is 0 Å². The van der Waals surface area contributed by atoms with Gasteiger partial charge in [0.15, 0.2) is 0 Å². The van der Waals surface area contributed by atoms with Gasteiger partial charge in [0.25, 0.3) is 0 Å². The van der Waals surface area contributed by atoms with E-state index >= 15 is 0 Å². The van der Waals surface area contributed by atoms with E-state index in [0.717, 1.165) is 26.1 Å². The lowest BCUT2D eigenvalue weighted by atomic mass is 9.54. The minimum Gasteiger partial charge on any atom is -0.375 e. The summed E-state index contributed by atoms with van der Waals surface area (Å²) in [5.41, 5.74) is 0.368. The Kier molecular flexibility index (Phi) is 8.05. The molecular formula is C22H46O2. The quantitative estimate of drug-likeness (QED) is 0.408. The van der Waals surface area contributed by atoms with Crippen molar-refractivity contribution in [3.63, 3.8) is 0 Å². The smallest absolute Gasteiger partial charge is 0.0648 e. The van der Waals surface area contributed by atoms with Crippen LogP contribution in [0.3, 0.4) is 0 Å². The zero-order valence-corrected chi connectivity index (χ0v) is 18.9. The third-order valence-electron chi connectivity index (χ3n) is 7.14. The Morgan fingerprint density at radius 3 is 1.50 bits per heavy atom. The van der Waals surface area contributed by atoms with Gasteiger partial charge in [0.1, 0.15) is 0 Å². The lowest BCUT2D eigenvalue weighted by Crippen LogP contribution is -2.48. The summed E-state index contributed by atoms with van der Waals surface area (Å²) >= 11 is 0. The first kappa shape index (κ1) is 23.9. The van der Waals surface area contributed by atoms with Gasteiger partial charge in [-0.1, -0.05) is 61.8 Å². The topological polar surface area (TPSA) is 18.5 Å². The number of rotatable bonds is 11. The van der Waals surface area contributed by atoms with Gasteiger partial charge in [-0.2, -0.15) is 0 Å². The van der Waals surface area contributed by atoms with Gasteiger partial charge in [-0.05, 0) is 56.8 Å². The third-order valence-corrected chi connectivity index (χ3v) is 7.14. The zero-order valence-electron chi connectivity index (χ0n) is 18.9. The van der Waals surface area contributed by atoms with Crippen LogP contribution in [0.5, 0.6) is 0 Å². The van der Waals surface area contributed by atoms with Gasteiger partial charge in [0, 0.05) is 0 Å². The monoisotopic (exact) mass is 342 g/mol. The van der Waals surface area contributed by atoms with Crippen molar-refractivity contribution in [2.24, 2.45) is 16.2 Å². The first-order valence-electron chi connectivity index (χ1n) is 9.81. The molecule has 0 saturated heterocycles. The molecule has 0 aromatic rings. The molecule has 0 aliphatic carbocycles. The molecule has 0 amide bonds. The molecular weight excluding hydrogens is 296 g/mol. The molecule has 0 fully saturated rings. The summed E-state index contributed by atoms with van der Waals surface area (Å²) in [7, 11) is 0. The van der Waals surface area contributed by atoms with Crippen LogP contribution in [-0.2, 0) is 9.47 Å². The van der Waals surface area contributed by atoms with Crippen LogP contribution in [0.2, 0.25) is 0 Å².